The van der Waals surface area contributed by atoms with Gasteiger partial charge in [-0.25, -0.2) is 35.4 Å². The molecule has 13 heteroatoms. The molecular weight excluding hydrogens is 440 g/mol. The Hall–Kier alpha value is -2.99. The maximum Gasteiger partial charge on any atom is 0.287 e. The standard InChI is InChI=1S/C16H9ClF4N4O3S/c1-7-15(22-24-25(7)13-3-2-8(18)4-11(13)20)16(26)23-29(27,28)14-5-9(17)10(19)6-12(14)21/h2-6H,1H3,(H,23,26). The van der Waals surface area contributed by atoms with Gasteiger partial charge in [-0.1, -0.05) is 16.8 Å². The lowest BCUT2D eigenvalue weighted by atomic mass is 10.2. The van der Waals surface area contributed by atoms with Crippen LogP contribution in [0.4, 0.5) is 17.6 Å². The Morgan fingerprint density at radius 1 is 1.07 bits per heavy atom. The monoisotopic (exact) mass is 448 g/mol. The van der Waals surface area contributed by atoms with Crippen molar-refractivity contribution in [3.05, 3.63) is 70.0 Å². The van der Waals surface area contributed by atoms with Crippen LogP contribution in [0.2, 0.25) is 5.02 Å². The summed E-state index contributed by atoms with van der Waals surface area (Å²) >= 11 is 5.46. The minimum atomic E-state index is -4.79. The molecule has 0 saturated carbocycles. The summed E-state index contributed by atoms with van der Waals surface area (Å²) in [6.45, 7) is 1.28. The topological polar surface area (TPSA) is 93.9 Å². The highest BCUT2D eigenvalue weighted by atomic mass is 35.5. The molecule has 0 atom stereocenters. The van der Waals surface area contributed by atoms with Gasteiger partial charge in [0, 0.05) is 12.1 Å². The van der Waals surface area contributed by atoms with E-state index in [1.807, 2.05) is 0 Å². The molecule has 2 aromatic carbocycles. The van der Waals surface area contributed by atoms with Gasteiger partial charge < -0.3 is 0 Å². The fourth-order valence-electron chi connectivity index (χ4n) is 2.36. The molecule has 0 bridgehead atoms. The van der Waals surface area contributed by atoms with E-state index in [0.29, 0.717) is 12.1 Å². The number of carbonyl (C=O) groups excluding carboxylic acids is 1. The number of benzene rings is 2. The number of sulfonamides is 1. The Kier molecular flexibility index (Phi) is 5.32. The zero-order valence-electron chi connectivity index (χ0n) is 14.3. The van der Waals surface area contributed by atoms with Crippen LogP contribution in [-0.2, 0) is 10.0 Å². The van der Waals surface area contributed by atoms with Crippen molar-refractivity contribution in [2.24, 2.45) is 0 Å². The fourth-order valence-corrected chi connectivity index (χ4v) is 3.62. The second-order valence-electron chi connectivity index (χ2n) is 5.66. The van der Waals surface area contributed by atoms with Gasteiger partial charge in [0.2, 0.25) is 0 Å². The molecule has 3 rings (SSSR count). The lowest BCUT2D eigenvalue weighted by Crippen LogP contribution is -2.32. The molecule has 1 heterocycles. The Labute approximate surface area is 166 Å². The maximum absolute atomic E-state index is 13.9. The van der Waals surface area contributed by atoms with E-state index in [0.717, 1.165) is 16.8 Å². The molecule has 1 amide bonds. The molecule has 0 radical (unpaired) electrons. The molecule has 3 aromatic rings. The van der Waals surface area contributed by atoms with Crippen molar-refractivity contribution < 1.29 is 30.8 Å². The van der Waals surface area contributed by atoms with Gasteiger partial charge in [0.1, 0.15) is 28.0 Å². The summed E-state index contributed by atoms with van der Waals surface area (Å²) in [6.07, 6.45) is 0. The predicted octanol–water partition coefficient (Wildman–Crippen LogP) is 2.90. The zero-order chi connectivity index (χ0) is 21.5. The van der Waals surface area contributed by atoms with E-state index < -0.39 is 54.8 Å². The van der Waals surface area contributed by atoms with Crippen molar-refractivity contribution in [1.82, 2.24) is 19.7 Å². The summed E-state index contributed by atoms with van der Waals surface area (Å²) in [7, 11) is -4.79. The van der Waals surface area contributed by atoms with Crippen molar-refractivity contribution in [2.75, 3.05) is 0 Å². The molecule has 1 N–H and O–H groups in total. The molecule has 0 unspecified atom stereocenters. The highest BCUT2D eigenvalue weighted by molar-refractivity contribution is 7.90. The van der Waals surface area contributed by atoms with Crippen LogP contribution in [0.3, 0.4) is 0 Å². The highest BCUT2D eigenvalue weighted by Crippen LogP contribution is 2.23. The molecule has 152 valence electrons. The highest BCUT2D eigenvalue weighted by Gasteiger charge is 2.27. The molecule has 29 heavy (non-hydrogen) atoms. The molecule has 0 spiro atoms. The third kappa shape index (κ3) is 3.93. The zero-order valence-corrected chi connectivity index (χ0v) is 15.8. The van der Waals surface area contributed by atoms with Crippen molar-refractivity contribution in [2.45, 2.75) is 11.8 Å². The van der Waals surface area contributed by atoms with Crippen LogP contribution in [0.1, 0.15) is 16.2 Å². The second-order valence-corrected chi connectivity index (χ2v) is 7.72. The lowest BCUT2D eigenvalue weighted by molar-refractivity contribution is 0.0976. The van der Waals surface area contributed by atoms with Crippen LogP contribution in [0, 0.1) is 30.2 Å². The van der Waals surface area contributed by atoms with Crippen LogP contribution >= 0.6 is 11.6 Å². The quantitative estimate of drug-likeness (QED) is 0.489. The van der Waals surface area contributed by atoms with Gasteiger partial charge >= 0.3 is 0 Å². The van der Waals surface area contributed by atoms with E-state index >= 15 is 0 Å². The van der Waals surface area contributed by atoms with E-state index in [9.17, 15) is 30.8 Å². The molecule has 1 aromatic heterocycles. The van der Waals surface area contributed by atoms with Gasteiger partial charge in [0.25, 0.3) is 15.9 Å². The Morgan fingerprint density at radius 3 is 2.41 bits per heavy atom. The van der Waals surface area contributed by atoms with E-state index in [4.69, 9.17) is 11.6 Å². The first-order valence-corrected chi connectivity index (χ1v) is 9.47. The first kappa shape index (κ1) is 20.7. The Morgan fingerprint density at radius 2 is 1.76 bits per heavy atom. The number of halogens is 5. The average Bonchev–Trinajstić information content (AvgIpc) is 2.99. The second kappa shape index (κ2) is 7.44. The number of nitrogens with one attached hydrogen (secondary N) is 1. The summed E-state index contributed by atoms with van der Waals surface area (Å²) in [5.74, 6) is -5.81. The van der Waals surface area contributed by atoms with Crippen molar-refractivity contribution in [3.8, 4) is 5.69 Å². The number of hydrogen-bond donors (Lipinski definition) is 1. The number of amides is 1. The SMILES string of the molecule is Cc1c(C(=O)NS(=O)(=O)c2cc(Cl)c(F)cc2F)nnn1-c1ccc(F)cc1F. The van der Waals surface area contributed by atoms with Crippen molar-refractivity contribution >= 4 is 27.5 Å². The molecule has 0 aliphatic carbocycles. The molecule has 7 nitrogen and oxygen atoms in total. The number of aromatic nitrogens is 3. The van der Waals surface area contributed by atoms with Gasteiger partial charge in [0.05, 0.1) is 10.7 Å². The summed E-state index contributed by atoms with van der Waals surface area (Å²) < 4.78 is 81.0. The number of hydrogen-bond acceptors (Lipinski definition) is 5. The lowest BCUT2D eigenvalue weighted by Gasteiger charge is -2.08. The summed E-state index contributed by atoms with van der Waals surface area (Å²) in [5.41, 5.74) is -0.846. The predicted molar refractivity (Wildman–Crippen MR) is 92.0 cm³/mol. The molecule has 0 saturated heterocycles. The van der Waals surface area contributed by atoms with Crippen molar-refractivity contribution in [3.63, 3.8) is 0 Å². The van der Waals surface area contributed by atoms with Gasteiger partial charge in [-0.3, -0.25) is 4.79 Å². The average molecular weight is 449 g/mol. The van der Waals surface area contributed by atoms with Gasteiger partial charge in [-0.15, -0.1) is 5.10 Å². The Bertz CT molecular complexity index is 1250. The summed E-state index contributed by atoms with van der Waals surface area (Å²) in [6, 6.07) is 3.33. The van der Waals surface area contributed by atoms with E-state index in [-0.39, 0.29) is 17.4 Å². The summed E-state index contributed by atoms with van der Waals surface area (Å²) in [5, 5.41) is 6.36. The van der Waals surface area contributed by atoms with Crippen LogP contribution in [0.5, 0.6) is 0 Å². The van der Waals surface area contributed by atoms with Crippen LogP contribution in [-0.4, -0.2) is 29.3 Å². The fraction of sp³-hybridized carbons (Fsp3) is 0.0625. The van der Waals surface area contributed by atoms with Crippen molar-refractivity contribution in [1.29, 1.82) is 0 Å². The third-order valence-electron chi connectivity index (χ3n) is 3.74. The molecule has 0 aliphatic rings. The van der Waals surface area contributed by atoms with Gasteiger partial charge in [-0.05, 0) is 25.1 Å². The van der Waals surface area contributed by atoms with Gasteiger partial charge in [-0.2, -0.15) is 0 Å². The molecular formula is C16H9ClF4N4O3S. The molecule has 0 fully saturated rings. The Balaban J connectivity index is 1.94. The molecule has 0 aliphatic heterocycles. The summed E-state index contributed by atoms with van der Waals surface area (Å²) in [4.78, 5) is 11.2. The number of nitrogens with zero attached hydrogens (tertiary/aromatic N) is 3. The minimum Gasteiger partial charge on any atom is -0.266 e. The minimum absolute atomic E-state index is 0.0826. The van der Waals surface area contributed by atoms with Crippen LogP contribution in [0.25, 0.3) is 5.69 Å². The smallest absolute Gasteiger partial charge is 0.266 e. The first-order valence-electron chi connectivity index (χ1n) is 7.60. The van der Waals surface area contributed by atoms with E-state index in [2.05, 4.69) is 10.3 Å². The third-order valence-corrected chi connectivity index (χ3v) is 5.37. The number of rotatable bonds is 4. The maximum atomic E-state index is 13.9. The number of carbonyl (C=O) groups is 1. The van der Waals surface area contributed by atoms with Crippen LogP contribution < -0.4 is 4.72 Å². The van der Waals surface area contributed by atoms with E-state index in [1.54, 1.807) is 4.72 Å². The van der Waals surface area contributed by atoms with Gasteiger partial charge in [0.15, 0.2) is 11.5 Å². The largest absolute Gasteiger partial charge is 0.287 e. The first-order chi connectivity index (χ1) is 13.5. The normalized spacial score (nSPS) is 11.5. The van der Waals surface area contributed by atoms with Crippen LogP contribution in [0.15, 0.2) is 35.2 Å². The van der Waals surface area contributed by atoms with E-state index in [1.165, 1.54) is 6.92 Å².